The van der Waals surface area contributed by atoms with E-state index in [1.807, 2.05) is 17.0 Å². The van der Waals surface area contributed by atoms with Crippen LogP contribution in [0.4, 0.5) is 8.78 Å². The molecule has 31 heavy (non-hydrogen) atoms. The molecule has 164 valence electrons. The van der Waals surface area contributed by atoms with Crippen LogP contribution in [0.3, 0.4) is 0 Å². The number of likely N-dealkylation sites (tertiary alicyclic amines) is 1. The predicted molar refractivity (Wildman–Crippen MR) is 114 cm³/mol. The lowest BCUT2D eigenvalue weighted by molar-refractivity contribution is -0.132. The number of carbonyl (C=O) groups excluding carboxylic acids is 1. The van der Waals surface area contributed by atoms with E-state index in [0.717, 1.165) is 36.2 Å². The topological polar surface area (TPSA) is 54.6 Å². The maximum Gasteiger partial charge on any atom is 0.222 e. The number of methoxy groups -OCH3 is 1. The molecule has 0 bridgehead atoms. The molecule has 1 aromatic heterocycles. The summed E-state index contributed by atoms with van der Waals surface area (Å²) in [6, 6.07) is 9.22. The van der Waals surface area contributed by atoms with Gasteiger partial charge in [-0.15, -0.1) is 0 Å². The number of halogens is 2. The van der Waals surface area contributed by atoms with Gasteiger partial charge in [-0.1, -0.05) is 0 Å². The molecule has 1 amide bonds. The van der Waals surface area contributed by atoms with Gasteiger partial charge in [-0.2, -0.15) is 0 Å². The molecule has 1 saturated heterocycles. The average Bonchev–Trinajstić information content (AvgIpc) is 3.21. The molecule has 0 spiro atoms. The van der Waals surface area contributed by atoms with Crippen molar-refractivity contribution >= 4 is 16.8 Å². The Morgan fingerprint density at radius 2 is 1.97 bits per heavy atom. The highest BCUT2D eigenvalue weighted by Crippen LogP contribution is 2.34. The molecule has 0 aliphatic carbocycles. The number of nitrogens with zero attached hydrogens (tertiary/aromatic N) is 1. The minimum atomic E-state index is -0.733. The van der Waals surface area contributed by atoms with Gasteiger partial charge in [0.25, 0.3) is 0 Å². The number of fused-ring (bicyclic) bond motifs is 1. The number of hydrogen-bond donors (Lipinski definition) is 1. The third-order valence-electron chi connectivity index (χ3n) is 5.89. The SMILES string of the molecule is COc1ccc2[nH]cc(C3CCN(C(=O)CCCOc4ccc(F)cc4F)CC3)c2c1. The van der Waals surface area contributed by atoms with Crippen LogP contribution in [-0.4, -0.2) is 42.6 Å². The molecule has 0 unspecified atom stereocenters. The first-order valence-electron chi connectivity index (χ1n) is 10.6. The first-order chi connectivity index (χ1) is 15.0. The van der Waals surface area contributed by atoms with E-state index in [1.165, 1.54) is 17.0 Å². The maximum absolute atomic E-state index is 13.6. The van der Waals surface area contributed by atoms with Gasteiger partial charge < -0.3 is 19.4 Å². The van der Waals surface area contributed by atoms with Crippen molar-refractivity contribution in [2.45, 2.75) is 31.6 Å². The molecular formula is C24H26F2N2O3. The molecule has 5 nitrogen and oxygen atoms in total. The molecule has 0 saturated carbocycles. The Morgan fingerprint density at radius 3 is 2.71 bits per heavy atom. The zero-order chi connectivity index (χ0) is 21.8. The standard InChI is InChI=1S/C24H26F2N2O3/c1-30-18-5-6-22-19(14-18)20(15-27-22)16-8-10-28(11-9-16)24(29)3-2-12-31-23-7-4-17(25)13-21(23)26/h4-7,13-16,27H,2-3,8-12H2,1H3. The van der Waals surface area contributed by atoms with Gasteiger partial charge >= 0.3 is 0 Å². The largest absolute Gasteiger partial charge is 0.497 e. The van der Waals surface area contributed by atoms with E-state index in [2.05, 4.69) is 17.2 Å². The molecular weight excluding hydrogens is 402 g/mol. The Labute approximate surface area is 180 Å². The lowest BCUT2D eigenvalue weighted by atomic mass is 9.89. The molecule has 0 radical (unpaired) electrons. The fourth-order valence-electron chi connectivity index (χ4n) is 4.18. The summed E-state index contributed by atoms with van der Waals surface area (Å²) < 4.78 is 37.2. The fourth-order valence-corrected chi connectivity index (χ4v) is 4.18. The van der Waals surface area contributed by atoms with E-state index in [-0.39, 0.29) is 18.3 Å². The number of rotatable bonds is 7. The van der Waals surface area contributed by atoms with E-state index in [4.69, 9.17) is 9.47 Å². The monoisotopic (exact) mass is 428 g/mol. The Hall–Kier alpha value is -3.09. The maximum atomic E-state index is 13.6. The number of piperidine rings is 1. The first-order valence-corrected chi connectivity index (χ1v) is 10.6. The second kappa shape index (κ2) is 9.37. The van der Waals surface area contributed by atoms with Crippen LogP contribution < -0.4 is 9.47 Å². The number of hydrogen-bond acceptors (Lipinski definition) is 3. The van der Waals surface area contributed by atoms with E-state index in [9.17, 15) is 13.6 Å². The van der Waals surface area contributed by atoms with Crippen LogP contribution >= 0.6 is 0 Å². The Bertz CT molecular complexity index is 1060. The van der Waals surface area contributed by atoms with Crippen molar-refractivity contribution in [1.82, 2.24) is 9.88 Å². The number of aromatic amines is 1. The molecule has 1 aliphatic rings. The van der Waals surface area contributed by atoms with Crippen LogP contribution in [0.5, 0.6) is 11.5 Å². The number of carbonyl (C=O) groups is 1. The first kappa shape index (κ1) is 21.2. The summed E-state index contributed by atoms with van der Waals surface area (Å²) in [4.78, 5) is 17.8. The summed E-state index contributed by atoms with van der Waals surface area (Å²) >= 11 is 0. The smallest absolute Gasteiger partial charge is 0.222 e. The number of aromatic nitrogens is 1. The number of ether oxygens (including phenoxy) is 2. The molecule has 0 atom stereocenters. The summed E-state index contributed by atoms with van der Waals surface area (Å²) in [7, 11) is 1.67. The average molecular weight is 428 g/mol. The lowest BCUT2D eigenvalue weighted by Crippen LogP contribution is -2.37. The molecule has 1 fully saturated rings. The van der Waals surface area contributed by atoms with Gasteiger partial charge in [0, 0.05) is 42.7 Å². The number of amides is 1. The van der Waals surface area contributed by atoms with Gasteiger partial charge in [0.1, 0.15) is 11.6 Å². The number of H-pyrrole nitrogens is 1. The highest BCUT2D eigenvalue weighted by Gasteiger charge is 2.25. The molecule has 1 N–H and O–H groups in total. The van der Waals surface area contributed by atoms with Crippen LogP contribution in [0, 0.1) is 11.6 Å². The summed E-state index contributed by atoms with van der Waals surface area (Å²) in [6.07, 6.45) is 4.72. The highest BCUT2D eigenvalue weighted by atomic mass is 19.1. The molecule has 2 heterocycles. The lowest BCUT2D eigenvalue weighted by Gasteiger charge is -2.32. The molecule has 2 aromatic carbocycles. The number of benzene rings is 2. The zero-order valence-electron chi connectivity index (χ0n) is 17.5. The Kier molecular flexibility index (Phi) is 6.39. The van der Waals surface area contributed by atoms with Gasteiger partial charge in [-0.05, 0) is 61.1 Å². The van der Waals surface area contributed by atoms with Crippen molar-refractivity contribution in [2.24, 2.45) is 0 Å². The van der Waals surface area contributed by atoms with Crippen LogP contribution in [-0.2, 0) is 4.79 Å². The van der Waals surface area contributed by atoms with Crippen molar-refractivity contribution in [3.63, 3.8) is 0 Å². The van der Waals surface area contributed by atoms with E-state index in [0.29, 0.717) is 31.8 Å². The second-order valence-electron chi connectivity index (χ2n) is 7.84. The van der Waals surface area contributed by atoms with Gasteiger partial charge in [0.05, 0.1) is 13.7 Å². The van der Waals surface area contributed by atoms with Crippen LogP contribution in [0.15, 0.2) is 42.6 Å². The molecule has 1 aliphatic heterocycles. The van der Waals surface area contributed by atoms with Crippen molar-refractivity contribution in [2.75, 3.05) is 26.8 Å². The molecule has 3 aromatic rings. The second-order valence-corrected chi connectivity index (χ2v) is 7.84. The van der Waals surface area contributed by atoms with Gasteiger partial charge in [-0.25, -0.2) is 8.78 Å². The third kappa shape index (κ3) is 4.81. The Morgan fingerprint density at radius 1 is 1.16 bits per heavy atom. The summed E-state index contributed by atoms with van der Waals surface area (Å²) in [5.41, 5.74) is 2.36. The van der Waals surface area contributed by atoms with Crippen LogP contribution in [0.1, 0.15) is 37.2 Å². The molecule has 7 heteroatoms. The van der Waals surface area contributed by atoms with Gasteiger partial charge in [0.2, 0.25) is 5.91 Å². The van der Waals surface area contributed by atoms with Crippen molar-refractivity contribution < 1.29 is 23.0 Å². The minimum absolute atomic E-state index is 0.00465. The fraction of sp³-hybridized carbons (Fsp3) is 0.375. The van der Waals surface area contributed by atoms with Gasteiger partial charge in [0.15, 0.2) is 11.6 Å². The normalized spacial score (nSPS) is 14.7. The van der Waals surface area contributed by atoms with Crippen LogP contribution in [0.25, 0.3) is 10.9 Å². The van der Waals surface area contributed by atoms with E-state index < -0.39 is 11.6 Å². The van der Waals surface area contributed by atoms with Crippen molar-refractivity contribution in [1.29, 1.82) is 0 Å². The highest BCUT2D eigenvalue weighted by molar-refractivity contribution is 5.85. The zero-order valence-corrected chi connectivity index (χ0v) is 17.5. The molecule has 4 rings (SSSR count). The third-order valence-corrected chi connectivity index (χ3v) is 5.89. The summed E-state index contributed by atoms with van der Waals surface area (Å²) in [5.74, 6) is -0.0517. The Balaban J connectivity index is 1.25. The number of nitrogens with one attached hydrogen (secondary N) is 1. The predicted octanol–water partition coefficient (Wildman–Crippen LogP) is 5.02. The van der Waals surface area contributed by atoms with E-state index >= 15 is 0 Å². The quantitative estimate of drug-likeness (QED) is 0.538. The van der Waals surface area contributed by atoms with E-state index in [1.54, 1.807) is 7.11 Å². The summed E-state index contributed by atoms with van der Waals surface area (Å²) in [5, 5.41) is 1.18. The van der Waals surface area contributed by atoms with Crippen molar-refractivity contribution in [3.05, 3.63) is 59.8 Å². The van der Waals surface area contributed by atoms with Crippen molar-refractivity contribution in [3.8, 4) is 11.5 Å². The van der Waals surface area contributed by atoms with Gasteiger partial charge in [-0.3, -0.25) is 4.79 Å². The summed E-state index contributed by atoms with van der Waals surface area (Å²) in [6.45, 7) is 1.64. The van der Waals surface area contributed by atoms with Crippen LogP contribution in [0.2, 0.25) is 0 Å². The minimum Gasteiger partial charge on any atom is -0.497 e.